The van der Waals surface area contributed by atoms with Crippen molar-refractivity contribution in [2.24, 2.45) is 0 Å². The van der Waals surface area contributed by atoms with Gasteiger partial charge in [0.15, 0.2) is 5.69 Å². The molecule has 2 heterocycles. The molecule has 3 aromatic rings. The molecule has 0 radical (unpaired) electrons. The lowest BCUT2D eigenvalue weighted by atomic mass is 10.1. The van der Waals surface area contributed by atoms with E-state index in [0.29, 0.717) is 29.4 Å². The summed E-state index contributed by atoms with van der Waals surface area (Å²) in [4.78, 5) is 12.8. The number of hydrogen-bond donors (Lipinski definition) is 1. The minimum atomic E-state index is -0.394. The summed E-state index contributed by atoms with van der Waals surface area (Å²) in [6, 6.07) is 12.8. The average molecular weight is 410 g/mol. The summed E-state index contributed by atoms with van der Waals surface area (Å²) in [5.74, 6) is 1.50. The molecule has 1 aromatic heterocycles. The van der Waals surface area contributed by atoms with Crippen molar-refractivity contribution in [1.82, 2.24) is 15.0 Å². The van der Waals surface area contributed by atoms with E-state index >= 15 is 0 Å². The normalized spacial score (nSPS) is 15.2. The molecule has 1 aliphatic heterocycles. The van der Waals surface area contributed by atoms with Crippen LogP contribution >= 0.6 is 0 Å². The second kappa shape index (κ2) is 8.42. The number of nitrogens with one attached hydrogen (secondary N) is 1. The summed E-state index contributed by atoms with van der Waals surface area (Å²) in [6.07, 6.45) is -0.181. The van der Waals surface area contributed by atoms with Gasteiger partial charge in [0.1, 0.15) is 23.4 Å². The maximum atomic E-state index is 12.8. The van der Waals surface area contributed by atoms with E-state index < -0.39 is 5.91 Å². The Morgan fingerprint density at radius 2 is 1.80 bits per heavy atom. The number of methoxy groups -OCH3 is 3. The first-order chi connectivity index (χ1) is 14.6. The molecule has 4 rings (SSSR count). The predicted octanol–water partition coefficient (Wildman–Crippen LogP) is 2.83. The number of carbonyl (C=O) groups excluding carboxylic acids is 1. The Kier molecular flexibility index (Phi) is 5.53. The molecule has 0 unspecified atom stereocenters. The maximum absolute atomic E-state index is 12.8. The number of fused-ring (bicyclic) bond motifs is 1. The standard InChI is InChI=1S/C21H22N4O5/c1-27-14-6-4-13(5-7-14)19-11-25-17(12-30-19)20(23-24-25)21(26)22-16-10-15(28-2)8-9-18(16)29-3/h4-10,19H,11-12H2,1-3H3,(H,22,26)/t19-/m1/s1. The van der Waals surface area contributed by atoms with Gasteiger partial charge in [-0.3, -0.25) is 4.79 Å². The van der Waals surface area contributed by atoms with E-state index in [1.54, 1.807) is 37.1 Å². The summed E-state index contributed by atoms with van der Waals surface area (Å²) in [5, 5.41) is 11.0. The maximum Gasteiger partial charge on any atom is 0.278 e. The lowest BCUT2D eigenvalue weighted by Crippen LogP contribution is -2.24. The highest BCUT2D eigenvalue weighted by molar-refractivity contribution is 6.04. The van der Waals surface area contributed by atoms with Crippen molar-refractivity contribution < 1.29 is 23.7 Å². The van der Waals surface area contributed by atoms with Crippen LogP contribution in [0.5, 0.6) is 17.2 Å². The van der Waals surface area contributed by atoms with E-state index in [1.807, 2.05) is 24.3 Å². The topological polar surface area (TPSA) is 96.7 Å². The molecular weight excluding hydrogens is 388 g/mol. The zero-order chi connectivity index (χ0) is 21.1. The van der Waals surface area contributed by atoms with Gasteiger partial charge in [-0.25, -0.2) is 4.68 Å². The van der Waals surface area contributed by atoms with Gasteiger partial charge in [-0.05, 0) is 29.8 Å². The second-order valence-electron chi connectivity index (χ2n) is 6.66. The molecule has 0 bridgehead atoms. The molecule has 2 aromatic carbocycles. The Morgan fingerprint density at radius 1 is 1.07 bits per heavy atom. The van der Waals surface area contributed by atoms with Crippen LogP contribution in [-0.4, -0.2) is 42.2 Å². The Bertz CT molecular complexity index is 1050. The molecule has 30 heavy (non-hydrogen) atoms. The number of rotatable bonds is 6. The molecule has 9 nitrogen and oxygen atoms in total. The molecular formula is C21H22N4O5. The first-order valence-electron chi connectivity index (χ1n) is 9.34. The monoisotopic (exact) mass is 410 g/mol. The van der Waals surface area contributed by atoms with Crippen LogP contribution in [0.4, 0.5) is 5.69 Å². The van der Waals surface area contributed by atoms with Crippen LogP contribution in [-0.2, 0) is 17.9 Å². The van der Waals surface area contributed by atoms with Gasteiger partial charge in [0, 0.05) is 6.07 Å². The van der Waals surface area contributed by atoms with Gasteiger partial charge >= 0.3 is 0 Å². The number of benzene rings is 2. The fourth-order valence-corrected chi connectivity index (χ4v) is 3.30. The third kappa shape index (κ3) is 3.79. The molecule has 1 amide bonds. The number of ether oxygens (including phenoxy) is 4. The zero-order valence-corrected chi connectivity index (χ0v) is 16.9. The van der Waals surface area contributed by atoms with Gasteiger partial charge in [0.2, 0.25) is 0 Å². The highest BCUT2D eigenvalue weighted by atomic mass is 16.5. The van der Waals surface area contributed by atoms with Crippen LogP contribution in [0.2, 0.25) is 0 Å². The van der Waals surface area contributed by atoms with Crippen molar-refractivity contribution in [3.63, 3.8) is 0 Å². The van der Waals surface area contributed by atoms with Crippen LogP contribution in [0.1, 0.15) is 27.8 Å². The zero-order valence-electron chi connectivity index (χ0n) is 16.9. The van der Waals surface area contributed by atoms with Crippen LogP contribution in [0, 0.1) is 0 Å². The summed E-state index contributed by atoms with van der Waals surface area (Å²) in [5.41, 5.74) is 2.33. The summed E-state index contributed by atoms with van der Waals surface area (Å²) in [7, 11) is 4.71. The summed E-state index contributed by atoms with van der Waals surface area (Å²) >= 11 is 0. The highest BCUT2D eigenvalue weighted by Crippen LogP contribution is 2.31. The molecule has 1 N–H and O–H groups in total. The van der Waals surface area contributed by atoms with Crippen LogP contribution in [0.3, 0.4) is 0 Å². The minimum absolute atomic E-state index is 0.181. The van der Waals surface area contributed by atoms with Crippen molar-refractivity contribution in [2.75, 3.05) is 26.6 Å². The number of anilines is 1. The van der Waals surface area contributed by atoms with Gasteiger partial charge in [0.25, 0.3) is 5.91 Å². The molecule has 0 spiro atoms. The number of hydrogen-bond acceptors (Lipinski definition) is 7. The Balaban J connectivity index is 1.52. The number of amides is 1. The van der Waals surface area contributed by atoms with Gasteiger partial charge < -0.3 is 24.3 Å². The lowest BCUT2D eigenvalue weighted by molar-refractivity contribution is -0.00173. The van der Waals surface area contributed by atoms with Crippen molar-refractivity contribution >= 4 is 11.6 Å². The molecule has 1 aliphatic rings. The van der Waals surface area contributed by atoms with Gasteiger partial charge in [-0.2, -0.15) is 0 Å². The highest BCUT2D eigenvalue weighted by Gasteiger charge is 2.28. The predicted molar refractivity (Wildman–Crippen MR) is 108 cm³/mol. The van der Waals surface area contributed by atoms with Crippen molar-refractivity contribution in [2.45, 2.75) is 19.3 Å². The van der Waals surface area contributed by atoms with Gasteiger partial charge in [-0.15, -0.1) is 5.10 Å². The molecule has 0 fully saturated rings. The van der Waals surface area contributed by atoms with E-state index in [1.165, 1.54) is 7.11 Å². The van der Waals surface area contributed by atoms with Crippen molar-refractivity contribution in [3.05, 3.63) is 59.4 Å². The van der Waals surface area contributed by atoms with E-state index in [0.717, 1.165) is 11.3 Å². The molecule has 0 saturated carbocycles. The SMILES string of the molecule is COc1ccc([C@H]2Cn3nnc(C(=O)Nc4cc(OC)ccc4OC)c3CO2)cc1. The van der Waals surface area contributed by atoms with Crippen molar-refractivity contribution in [1.29, 1.82) is 0 Å². The molecule has 1 atom stereocenters. The van der Waals surface area contributed by atoms with Crippen molar-refractivity contribution in [3.8, 4) is 17.2 Å². The van der Waals surface area contributed by atoms with Crippen LogP contribution < -0.4 is 19.5 Å². The lowest BCUT2D eigenvalue weighted by Gasteiger charge is -2.24. The van der Waals surface area contributed by atoms with Gasteiger partial charge in [-0.1, -0.05) is 17.3 Å². The minimum Gasteiger partial charge on any atom is -0.497 e. The first kappa shape index (κ1) is 19.7. The first-order valence-corrected chi connectivity index (χ1v) is 9.34. The van der Waals surface area contributed by atoms with E-state index in [9.17, 15) is 4.79 Å². The average Bonchev–Trinajstić information content (AvgIpc) is 3.22. The van der Waals surface area contributed by atoms with Gasteiger partial charge in [0.05, 0.1) is 45.9 Å². The largest absolute Gasteiger partial charge is 0.497 e. The smallest absolute Gasteiger partial charge is 0.278 e. The second-order valence-corrected chi connectivity index (χ2v) is 6.66. The Morgan fingerprint density at radius 3 is 2.50 bits per heavy atom. The van der Waals surface area contributed by atoms with Crippen LogP contribution in [0.15, 0.2) is 42.5 Å². The van der Waals surface area contributed by atoms with Crippen LogP contribution in [0.25, 0.3) is 0 Å². The number of nitrogens with zero attached hydrogens (tertiary/aromatic N) is 3. The number of aromatic nitrogens is 3. The Hall–Kier alpha value is -3.59. The fourth-order valence-electron chi connectivity index (χ4n) is 3.30. The Labute approximate surface area is 173 Å². The quantitative estimate of drug-likeness (QED) is 0.667. The third-order valence-electron chi connectivity index (χ3n) is 4.96. The summed E-state index contributed by atoms with van der Waals surface area (Å²) < 4.78 is 23.4. The van der Waals surface area contributed by atoms with E-state index in [-0.39, 0.29) is 18.4 Å². The van der Waals surface area contributed by atoms with E-state index in [2.05, 4.69) is 15.6 Å². The number of carbonyl (C=O) groups is 1. The molecule has 9 heteroatoms. The fraction of sp³-hybridized carbons (Fsp3) is 0.286. The van der Waals surface area contributed by atoms with E-state index in [4.69, 9.17) is 18.9 Å². The molecule has 0 saturated heterocycles. The third-order valence-corrected chi connectivity index (χ3v) is 4.96. The molecule has 156 valence electrons. The molecule has 0 aliphatic carbocycles. The summed E-state index contributed by atoms with van der Waals surface area (Å²) in [6.45, 7) is 0.687.